The van der Waals surface area contributed by atoms with Crippen LogP contribution in [-0.4, -0.2) is 23.8 Å². The lowest BCUT2D eigenvalue weighted by Gasteiger charge is -2.12. The highest BCUT2D eigenvalue weighted by Gasteiger charge is 2.10. The molecular formula is C16H16ClN3O2S. The van der Waals surface area contributed by atoms with E-state index in [0.29, 0.717) is 23.1 Å². The third-order valence-electron chi connectivity index (χ3n) is 3.38. The number of nitrogens with zero attached hydrogens (tertiary/aromatic N) is 2. The molecule has 1 N–H and O–H groups in total. The standard InChI is InChI=1S/C16H16ClN3O2S/c1-21-14-5-11(13(17)7-15(14)22-2)8-19-12-6-16(23-9-12)20-4-3-18-10-20/h3-7,9-10,19H,8H2,1-2H3. The van der Waals surface area contributed by atoms with Gasteiger partial charge in [-0.2, -0.15) is 0 Å². The van der Waals surface area contributed by atoms with Crippen molar-refractivity contribution in [3.8, 4) is 16.5 Å². The lowest BCUT2D eigenvalue weighted by molar-refractivity contribution is 0.354. The fraction of sp³-hybridized carbons (Fsp3) is 0.188. The molecule has 0 aliphatic heterocycles. The van der Waals surface area contributed by atoms with Gasteiger partial charge in [0, 0.05) is 41.1 Å². The number of hydrogen-bond acceptors (Lipinski definition) is 5. The lowest BCUT2D eigenvalue weighted by atomic mass is 10.2. The SMILES string of the molecule is COc1cc(Cl)c(CNc2csc(-n3ccnc3)c2)cc1OC. The Morgan fingerprint density at radius 2 is 2.00 bits per heavy atom. The highest BCUT2D eigenvalue weighted by Crippen LogP contribution is 2.33. The van der Waals surface area contributed by atoms with Crippen LogP contribution in [0.2, 0.25) is 5.02 Å². The second-order valence-electron chi connectivity index (χ2n) is 4.80. The van der Waals surface area contributed by atoms with Gasteiger partial charge in [-0.3, -0.25) is 4.57 Å². The molecular weight excluding hydrogens is 334 g/mol. The minimum atomic E-state index is 0.597. The Morgan fingerprint density at radius 3 is 2.70 bits per heavy atom. The van der Waals surface area contributed by atoms with Crippen LogP contribution < -0.4 is 14.8 Å². The van der Waals surface area contributed by atoms with Crippen molar-refractivity contribution < 1.29 is 9.47 Å². The van der Waals surface area contributed by atoms with Crippen LogP contribution in [0.1, 0.15) is 5.56 Å². The van der Waals surface area contributed by atoms with Crippen molar-refractivity contribution in [2.24, 2.45) is 0 Å². The average Bonchev–Trinajstić information content (AvgIpc) is 3.24. The van der Waals surface area contributed by atoms with Gasteiger partial charge >= 0.3 is 0 Å². The molecule has 0 radical (unpaired) electrons. The molecule has 7 heteroatoms. The van der Waals surface area contributed by atoms with Crippen LogP contribution >= 0.6 is 22.9 Å². The van der Waals surface area contributed by atoms with Gasteiger partial charge in [-0.05, 0) is 17.7 Å². The Labute approximate surface area is 143 Å². The van der Waals surface area contributed by atoms with E-state index in [0.717, 1.165) is 16.3 Å². The summed E-state index contributed by atoms with van der Waals surface area (Å²) in [6.45, 7) is 0.597. The van der Waals surface area contributed by atoms with E-state index in [-0.39, 0.29) is 0 Å². The van der Waals surface area contributed by atoms with Crippen molar-refractivity contribution in [3.05, 3.63) is 52.9 Å². The number of hydrogen-bond donors (Lipinski definition) is 1. The van der Waals surface area contributed by atoms with Crippen LogP contribution in [0.15, 0.2) is 42.3 Å². The van der Waals surface area contributed by atoms with Gasteiger partial charge in [-0.1, -0.05) is 11.6 Å². The third kappa shape index (κ3) is 3.43. The van der Waals surface area contributed by atoms with Crippen molar-refractivity contribution in [1.29, 1.82) is 0 Å². The van der Waals surface area contributed by atoms with Crippen molar-refractivity contribution in [3.63, 3.8) is 0 Å². The van der Waals surface area contributed by atoms with Crippen LogP contribution in [0.25, 0.3) is 5.00 Å². The molecule has 0 bridgehead atoms. The van der Waals surface area contributed by atoms with Crippen molar-refractivity contribution in [2.75, 3.05) is 19.5 Å². The van der Waals surface area contributed by atoms with Crippen molar-refractivity contribution in [1.82, 2.24) is 9.55 Å². The van der Waals surface area contributed by atoms with Crippen LogP contribution in [0.4, 0.5) is 5.69 Å². The zero-order valence-corrected chi connectivity index (χ0v) is 14.3. The Morgan fingerprint density at radius 1 is 1.22 bits per heavy atom. The summed E-state index contributed by atoms with van der Waals surface area (Å²) in [5.74, 6) is 1.29. The molecule has 0 saturated heterocycles. The average molecular weight is 350 g/mol. The number of benzene rings is 1. The minimum absolute atomic E-state index is 0.597. The summed E-state index contributed by atoms with van der Waals surface area (Å²) in [6.07, 6.45) is 5.46. The molecule has 3 rings (SSSR count). The van der Waals surface area contributed by atoms with E-state index in [9.17, 15) is 0 Å². The van der Waals surface area contributed by atoms with Gasteiger partial charge in [0.1, 0.15) is 5.00 Å². The van der Waals surface area contributed by atoms with Gasteiger partial charge in [0.25, 0.3) is 0 Å². The molecule has 0 fully saturated rings. The van der Waals surface area contributed by atoms with Gasteiger partial charge in [-0.15, -0.1) is 11.3 Å². The second kappa shape index (κ2) is 6.93. The molecule has 1 aromatic carbocycles. The molecule has 3 aromatic rings. The summed E-state index contributed by atoms with van der Waals surface area (Å²) < 4.78 is 12.5. The topological polar surface area (TPSA) is 48.3 Å². The second-order valence-corrected chi connectivity index (χ2v) is 6.09. The molecule has 5 nitrogen and oxygen atoms in total. The van der Waals surface area contributed by atoms with Gasteiger partial charge in [0.05, 0.1) is 20.5 Å². The summed E-state index contributed by atoms with van der Waals surface area (Å²) in [5, 5.41) is 7.17. The van der Waals surface area contributed by atoms with Crippen molar-refractivity contribution >= 4 is 28.6 Å². The van der Waals surface area contributed by atoms with E-state index >= 15 is 0 Å². The van der Waals surface area contributed by atoms with Crippen LogP contribution in [0.3, 0.4) is 0 Å². The summed E-state index contributed by atoms with van der Waals surface area (Å²) in [4.78, 5) is 4.05. The number of halogens is 1. The molecule has 0 aliphatic carbocycles. The zero-order chi connectivity index (χ0) is 16.2. The van der Waals surface area contributed by atoms with E-state index in [4.69, 9.17) is 21.1 Å². The van der Waals surface area contributed by atoms with Crippen LogP contribution in [-0.2, 0) is 6.54 Å². The molecule has 0 saturated carbocycles. The Hall–Kier alpha value is -2.18. The first kappa shape index (κ1) is 15.7. The number of rotatable bonds is 6. The first-order chi connectivity index (χ1) is 11.2. The van der Waals surface area contributed by atoms with E-state index in [1.807, 2.05) is 16.8 Å². The minimum Gasteiger partial charge on any atom is -0.493 e. The monoisotopic (exact) mass is 349 g/mol. The van der Waals surface area contributed by atoms with Gasteiger partial charge < -0.3 is 14.8 Å². The maximum absolute atomic E-state index is 6.30. The summed E-state index contributed by atoms with van der Waals surface area (Å²) in [6, 6.07) is 5.72. The maximum atomic E-state index is 6.30. The molecule has 120 valence electrons. The number of aromatic nitrogens is 2. The van der Waals surface area contributed by atoms with Crippen LogP contribution in [0.5, 0.6) is 11.5 Å². The number of anilines is 1. The predicted molar refractivity (Wildman–Crippen MR) is 93.3 cm³/mol. The van der Waals surface area contributed by atoms with Gasteiger partial charge in [0.15, 0.2) is 11.5 Å². The lowest BCUT2D eigenvalue weighted by Crippen LogP contribution is -2.01. The quantitative estimate of drug-likeness (QED) is 0.724. The maximum Gasteiger partial charge on any atom is 0.162 e. The number of nitrogens with one attached hydrogen (secondary N) is 1. The fourth-order valence-corrected chi connectivity index (χ4v) is 3.22. The first-order valence-electron chi connectivity index (χ1n) is 6.92. The molecule has 0 spiro atoms. The predicted octanol–water partition coefficient (Wildman–Crippen LogP) is 4.22. The molecule has 2 aromatic heterocycles. The van der Waals surface area contributed by atoms with E-state index in [1.54, 1.807) is 44.1 Å². The number of imidazole rings is 1. The Balaban J connectivity index is 1.73. The molecule has 23 heavy (non-hydrogen) atoms. The highest BCUT2D eigenvalue weighted by atomic mass is 35.5. The van der Waals surface area contributed by atoms with E-state index in [2.05, 4.69) is 21.7 Å². The van der Waals surface area contributed by atoms with Gasteiger partial charge in [-0.25, -0.2) is 4.98 Å². The molecule has 0 aliphatic rings. The van der Waals surface area contributed by atoms with Gasteiger partial charge in [0.2, 0.25) is 0 Å². The largest absolute Gasteiger partial charge is 0.493 e. The fourth-order valence-electron chi connectivity index (χ4n) is 2.17. The molecule has 0 atom stereocenters. The normalized spacial score (nSPS) is 10.6. The zero-order valence-electron chi connectivity index (χ0n) is 12.7. The van der Waals surface area contributed by atoms with E-state index < -0.39 is 0 Å². The molecule has 0 unspecified atom stereocenters. The number of methoxy groups -OCH3 is 2. The summed E-state index contributed by atoms with van der Waals surface area (Å²) >= 11 is 7.95. The molecule has 0 amide bonds. The summed E-state index contributed by atoms with van der Waals surface area (Å²) in [7, 11) is 3.20. The molecule has 2 heterocycles. The summed E-state index contributed by atoms with van der Waals surface area (Å²) in [5.41, 5.74) is 1.98. The third-order valence-corrected chi connectivity index (χ3v) is 4.67. The number of thiophene rings is 1. The number of ether oxygens (including phenoxy) is 2. The van der Waals surface area contributed by atoms with Crippen LogP contribution in [0, 0.1) is 0 Å². The Kier molecular flexibility index (Phi) is 4.73. The first-order valence-corrected chi connectivity index (χ1v) is 8.18. The van der Waals surface area contributed by atoms with E-state index in [1.165, 1.54) is 0 Å². The Bertz CT molecular complexity index is 787. The highest BCUT2D eigenvalue weighted by molar-refractivity contribution is 7.13. The van der Waals surface area contributed by atoms with Crippen molar-refractivity contribution in [2.45, 2.75) is 6.54 Å². The smallest absolute Gasteiger partial charge is 0.162 e.